The van der Waals surface area contributed by atoms with Crippen LogP contribution in [0.25, 0.3) is 0 Å². The summed E-state index contributed by atoms with van der Waals surface area (Å²) in [4.78, 5) is 12.3. The van der Waals surface area contributed by atoms with E-state index in [1.807, 2.05) is 0 Å². The molecule has 0 aromatic rings. The predicted molar refractivity (Wildman–Crippen MR) is 159 cm³/mol. The highest BCUT2D eigenvalue weighted by molar-refractivity contribution is 5.80. The first-order valence-corrected chi connectivity index (χ1v) is 15.7. The Morgan fingerprint density at radius 3 is 1.66 bits per heavy atom. The second kappa shape index (κ2) is 27.4. The van der Waals surface area contributed by atoms with Crippen LogP contribution in [0.1, 0.15) is 142 Å². The van der Waals surface area contributed by atoms with Crippen LogP contribution in [0.4, 0.5) is 0 Å². The number of carbonyl (C=O) groups excluding carboxylic acids is 1. The number of hydrogen-bond acceptors (Lipinski definition) is 5. The van der Waals surface area contributed by atoms with Crippen LogP contribution in [0.5, 0.6) is 0 Å². The minimum absolute atomic E-state index is 0.362. The number of hydrogen-bond donors (Lipinski definition) is 5. The van der Waals surface area contributed by atoms with Crippen molar-refractivity contribution in [2.75, 3.05) is 6.61 Å². The van der Waals surface area contributed by atoms with Crippen molar-refractivity contribution in [3.63, 3.8) is 0 Å². The van der Waals surface area contributed by atoms with E-state index in [-0.39, 0.29) is 0 Å². The van der Waals surface area contributed by atoms with Gasteiger partial charge in [-0.25, -0.2) is 0 Å². The van der Waals surface area contributed by atoms with E-state index in [1.54, 1.807) is 0 Å². The SMILES string of the molecule is CCC/C=C/CC/C=C/CCCC(O)C(O)C(CO)NC(=O)C(O)CCCCCCCCCCCCCC. The summed E-state index contributed by atoms with van der Waals surface area (Å²) in [6, 6.07) is -1.00. The van der Waals surface area contributed by atoms with E-state index in [0.29, 0.717) is 19.3 Å². The number of allylic oxidation sites excluding steroid dienone is 4. The van der Waals surface area contributed by atoms with Crippen molar-refractivity contribution in [1.29, 1.82) is 0 Å². The summed E-state index contributed by atoms with van der Waals surface area (Å²) in [5.74, 6) is -0.603. The fourth-order valence-corrected chi connectivity index (χ4v) is 4.54. The van der Waals surface area contributed by atoms with Crippen LogP contribution in [-0.4, -0.2) is 57.3 Å². The molecule has 0 aliphatic heterocycles. The lowest BCUT2D eigenvalue weighted by Crippen LogP contribution is -2.53. The average Bonchev–Trinajstić information content (AvgIpc) is 2.92. The third-order valence-corrected chi connectivity index (χ3v) is 7.12. The lowest BCUT2D eigenvalue weighted by Gasteiger charge is -2.27. The topological polar surface area (TPSA) is 110 Å². The largest absolute Gasteiger partial charge is 0.394 e. The standard InChI is InChI=1S/C32H61NO5/c1-3-5-7-9-11-13-15-16-18-20-22-24-26-30(36)32(38)33-28(27-34)31(37)29(35)25-23-21-19-17-14-12-10-8-6-4-2/h8,10,17,19,28-31,34-37H,3-7,9,11-16,18,20-27H2,1-2H3,(H,33,38)/b10-8+,19-17+. The van der Waals surface area contributed by atoms with Gasteiger partial charge in [-0.15, -0.1) is 0 Å². The third kappa shape index (κ3) is 21.7. The zero-order chi connectivity index (χ0) is 28.3. The van der Waals surface area contributed by atoms with E-state index in [1.165, 1.54) is 64.2 Å². The molecule has 0 aliphatic rings. The van der Waals surface area contributed by atoms with Gasteiger partial charge >= 0.3 is 0 Å². The summed E-state index contributed by atoms with van der Waals surface area (Å²) in [6.45, 7) is 3.91. The molecule has 0 aromatic heterocycles. The Bertz CT molecular complexity index is 580. The van der Waals surface area contributed by atoms with Gasteiger partial charge < -0.3 is 25.7 Å². The molecule has 0 aliphatic carbocycles. The molecule has 0 rings (SSSR count). The van der Waals surface area contributed by atoms with Crippen LogP contribution in [0.15, 0.2) is 24.3 Å². The Morgan fingerprint density at radius 1 is 0.632 bits per heavy atom. The Hall–Kier alpha value is -1.21. The molecule has 5 N–H and O–H groups in total. The first kappa shape index (κ1) is 36.8. The molecule has 0 aromatic carbocycles. The minimum Gasteiger partial charge on any atom is -0.394 e. The summed E-state index contributed by atoms with van der Waals surface area (Å²) in [5.41, 5.74) is 0. The highest BCUT2D eigenvalue weighted by Gasteiger charge is 2.28. The maximum Gasteiger partial charge on any atom is 0.249 e. The molecule has 0 fully saturated rings. The van der Waals surface area contributed by atoms with Crippen LogP contribution in [0.2, 0.25) is 0 Å². The molecule has 0 spiro atoms. The summed E-state index contributed by atoms with van der Waals surface area (Å²) >= 11 is 0. The van der Waals surface area contributed by atoms with Gasteiger partial charge in [0.25, 0.3) is 0 Å². The average molecular weight is 540 g/mol. The molecule has 0 radical (unpaired) electrons. The van der Waals surface area contributed by atoms with Gasteiger partial charge in [0.2, 0.25) is 5.91 Å². The molecule has 6 nitrogen and oxygen atoms in total. The Labute approximate surface area is 234 Å². The number of carbonyl (C=O) groups is 1. The quantitative estimate of drug-likeness (QED) is 0.0604. The highest BCUT2D eigenvalue weighted by Crippen LogP contribution is 2.14. The summed E-state index contributed by atoms with van der Waals surface area (Å²) in [5, 5.41) is 43.1. The maximum absolute atomic E-state index is 12.3. The Kier molecular flexibility index (Phi) is 26.5. The van der Waals surface area contributed by atoms with Crippen molar-refractivity contribution >= 4 is 5.91 Å². The maximum atomic E-state index is 12.3. The van der Waals surface area contributed by atoms with E-state index < -0.39 is 36.9 Å². The van der Waals surface area contributed by atoms with Gasteiger partial charge in [0.15, 0.2) is 0 Å². The highest BCUT2D eigenvalue weighted by atomic mass is 16.3. The fourth-order valence-electron chi connectivity index (χ4n) is 4.54. The first-order chi connectivity index (χ1) is 18.5. The van der Waals surface area contributed by atoms with E-state index in [0.717, 1.165) is 44.9 Å². The second-order valence-electron chi connectivity index (χ2n) is 10.8. The van der Waals surface area contributed by atoms with Gasteiger partial charge in [-0.1, -0.05) is 122 Å². The van der Waals surface area contributed by atoms with Gasteiger partial charge in [0.1, 0.15) is 12.2 Å². The number of rotatable bonds is 27. The van der Waals surface area contributed by atoms with Crippen molar-refractivity contribution in [2.24, 2.45) is 0 Å². The van der Waals surface area contributed by atoms with Gasteiger partial charge in [0.05, 0.1) is 18.8 Å². The number of nitrogens with one attached hydrogen (secondary N) is 1. The molecule has 4 atom stereocenters. The lowest BCUT2D eigenvalue weighted by molar-refractivity contribution is -0.132. The fraction of sp³-hybridized carbons (Fsp3) is 0.844. The van der Waals surface area contributed by atoms with Crippen molar-refractivity contribution < 1.29 is 25.2 Å². The number of aliphatic hydroxyl groups is 4. The zero-order valence-corrected chi connectivity index (χ0v) is 24.7. The molecule has 0 saturated heterocycles. The van der Waals surface area contributed by atoms with Gasteiger partial charge in [0, 0.05) is 0 Å². The number of aliphatic hydroxyl groups excluding tert-OH is 4. The summed E-state index contributed by atoms with van der Waals surface area (Å²) < 4.78 is 0. The molecule has 224 valence electrons. The molecule has 6 heteroatoms. The second-order valence-corrected chi connectivity index (χ2v) is 10.8. The normalized spacial score (nSPS) is 15.2. The molecule has 0 saturated carbocycles. The Balaban J connectivity index is 3.96. The lowest BCUT2D eigenvalue weighted by atomic mass is 10.00. The molecule has 4 unspecified atom stereocenters. The van der Waals surface area contributed by atoms with Crippen LogP contribution < -0.4 is 5.32 Å². The van der Waals surface area contributed by atoms with Crippen LogP contribution in [-0.2, 0) is 4.79 Å². The molecular weight excluding hydrogens is 478 g/mol. The summed E-state index contributed by atoms with van der Waals surface area (Å²) in [6.07, 6.45) is 26.3. The van der Waals surface area contributed by atoms with E-state index >= 15 is 0 Å². The molecule has 38 heavy (non-hydrogen) atoms. The van der Waals surface area contributed by atoms with Crippen LogP contribution >= 0.6 is 0 Å². The predicted octanol–water partition coefficient (Wildman–Crippen LogP) is 6.50. The molecule has 0 heterocycles. The van der Waals surface area contributed by atoms with Crippen molar-refractivity contribution in [3.05, 3.63) is 24.3 Å². The summed E-state index contributed by atoms with van der Waals surface area (Å²) in [7, 11) is 0. The van der Waals surface area contributed by atoms with Gasteiger partial charge in [-0.2, -0.15) is 0 Å². The molecule has 1 amide bonds. The minimum atomic E-state index is -1.28. The van der Waals surface area contributed by atoms with Crippen molar-refractivity contribution in [2.45, 2.75) is 167 Å². The number of amides is 1. The van der Waals surface area contributed by atoms with Crippen LogP contribution in [0, 0.1) is 0 Å². The molecular formula is C32H61NO5. The molecule has 0 bridgehead atoms. The van der Waals surface area contributed by atoms with Crippen molar-refractivity contribution in [1.82, 2.24) is 5.32 Å². The monoisotopic (exact) mass is 539 g/mol. The van der Waals surface area contributed by atoms with Crippen LogP contribution in [0.3, 0.4) is 0 Å². The first-order valence-electron chi connectivity index (χ1n) is 15.7. The Morgan fingerprint density at radius 2 is 1.13 bits per heavy atom. The number of unbranched alkanes of at least 4 members (excludes halogenated alkanes) is 14. The van der Waals surface area contributed by atoms with E-state index in [9.17, 15) is 25.2 Å². The van der Waals surface area contributed by atoms with Gasteiger partial charge in [-0.05, 0) is 44.9 Å². The third-order valence-electron chi connectivity index (χ3n) is 7.12. The van der Waals surface area contributed by atoms with Crippen molar-refractivity contribution in [3.8, 4) is 0 Å². The van der Waals surface area contributed by atoms with E-state index in [4.69, 9.17) is 0 Å². The van der Waals surface area contributed by atoms with Gasteiger partial charge in [-0.3, -0.25) is 4.79 Å². The smallest absolute Gasteiger partial charge is 0.249 e. The van der Waals surface area contributed by atoms with E-state index in [2.05, 4.69) is 43.5 Å². The zero-order valence-electron chi connectivity index (χ0n) is 24.7.